The highest BCUT2D eigenvalue weighted by molar-refractivity contribution is 5.93. The molecule has 3 heteroatoms. The van der Waals surface area contributed by atoms with Gasteiger partial charge in [0.25, 0.3) is 0 Å². The van der Waals surface area contributed by atoms with Gasteiger partial charge in [-0.3, -0.25) is 4.79 Å². The van der Waals surface area contributed by atoms with Crippen molar-refractivity contribution in [3.63, 3.8) is 0 Å². The fourth-order valence-electron chi connectivity index (χ4n) is 1.34. The molecule has 2 rings (SSSR count). The van der Waals surface area contributed by atoms with Crippen molar-refractivity contribution in [2.75, 3.05) is 5.32 Å². The van der Waals surface area contributed by atoms with E-state index in [9.17, 15) is 4.79 Å². The Balaban J connectivity index is 1.95. The third kappa shape index (κ3) is 1.86. The van der Waals surface area contributed by atoms with Crippen molar-refractivity contribution in [2.24, 2.45) is 11.8 Å². The largest absolute Gasteiger partial charge is 0.310 e. The monoisotopic (exact) mass is 176 g/mol. The van der Waals surface area contributed by atoms with Crippen LogP contribution in [0.25, 0.3) is 0 Å². The summed E-state index contributed by atoms with van der Waals surface area (Å²) in [6, 6.07) is 5.49. The lowest BCUT2D eigenvalue weighted by Gasteiger charge is -2.01. The summed E-state index contributed by atoms with van der Waals surface area (Å²) < 4.78 is 0. The van der Waals surface area contributed by atoms with Gasteiger partial charge in [0.2, 0.25) is 5.91 Å². The third-order valence-corrected chi connectivity index (χ3v) is 2.36. The molecule has 1 aliphatic rings. The Labute approximate surface area is 77.2 Å². The first-order valence-electron chi connectivity index (χ1n) is 4.49. The summed E-state index contributed by atoms with van der Waals surface area (Å²) in [4.78, 5) is 15.5. The van der Waals surface area contributed by atoms with E-state index in [1.54, 1.807) is 12.3 Å². The maximum Gasteiger partial charge on any atom is 0.228 e. The Hall–Kier alpha value is -1.38. The van der Waals surface area contributed by atoms with E-state index >= 15 is 0 Å². The van der Waals surface area contributed by atoms with Crippen LogP contribution >= 0.6 is 0 Å². The molecule has 13 heavy (non-hydrogen) atoms. The average Bonchev–Trinajstić information content (AvgIpc) is 2.84. The smallest absolute Gasteiger partial charge is 0.228 e. The van der Waals surface area contributed by atoms with Gasteiger partial charge in [-0.1, -0.05) is 13.0 Å². The minimum Gasteiger partial charge on any atom is -0.310 e. The number of carbonyl (C=O) groups is 1. The van der Waals surface area contributed by atoms with Crippen molar-refractivity contribution in [1.82, 2.24) is 4.98 Å². The first kappa shape index (κ1) is 8.23. The van der Waals surface area contributed by atoms with Gasteiger partial charge < -0.3 is 5.32 Å². The van der Waals surface area contributed by atoms with Crippen molar-refractivity contribution in [3.05, 3.63) is 24.4 Å². The Bertz CT molecular complexity index is 310. The number of carbonyl (C=O) groups excluding carboxylic acids is 1. The molecule has 0 saturated heterocycles. The summed E-state index contributed by atoms with van der Waals surface area (Å²) in [6.07, 6.45) is 2.69. The molecule has 0 aliphatic heterocycles. The van der Waals surface area contributed by atoms with Gasteiger partial charge in [-0.15, -0.1) is 0 Å². The zero-order valence-corrected chi connectivity index (χ0v) is 7.53. The van der Waals surface area contributed by atoms with E-state index < -0.39 is 0 Å². The lowest BCUT2D eigenvalue weighted by Crippen LogP contribution is -2.15. The Morgan fingerprint density at radius 1 is 1.62 bits per heavy atom. The molecule has 0 unspecified atom stereocenters. The fraction of sp³-hybridized carbons (Fsp3) is 0.400. The first-order valence-corrected chi connectivity index (χ1v) is 4.49. The number of pyridine rings is 1. The third-order valence-electron chi connectivity index (χ3n) is 2.36. The van der Waals surface area contributed by atoms with Crippen molar-refractivity contribution < 1.29 is 4.79 Å². The minimum absolute atomic E-state index is 0.103. The van der Waals surface area contributed by atoms with Crippen LogP contribution in [0.2, 0.25) is 0 Å². The molecule has 1 N–H and O–H groups in total. The van der Waals surface area contributed by atoms with Gasteiger partial charge in [0.1, 0.15) is 5.82 Å². The molecular formula is C10H12N2O. The molecule has 0 aromatic carbocycles. The SMILES string of the molecule is C[C@@H]1C[C@H]1C(=O)Nc1ccccn1. The summed E-state index contributed by atoms with van der Waals surface area (Å²) in [5.74, 6) is 1.50. The second-order valence-corrected chi connectivity index (χ2v) is 3.52. The van der Waals surface area contributed by atoms with E-state index in [1.165, 1.54) is 0 Å². The van der Waals surface area contributed by atoms with Crippen molar-refractivity contribution >= 4 is 11.7 Å². The van der Waals surface area contributed by atoms with Crippen LogP contribution in [0.1, 0.15) is 13.3 Å². The number of hydrogen-bond acceptors (Lipinski definition) is 2. The van der Waals surface area contributed by atoms with Gasteiger partial charge in [0.15, 0.2) is 0 Å². The van der Waals surface area contributed by atoms with Gasteiger partial charge in [-0.2, -0.15) is 0 Å². The zero-order chi connectivity index (χ0) is 9.26. The molecule has 68 valence electrons. The first-order chi connectivity index (χ1) is 6.27. The second kappa shape index (κ2) is 3.17. The molecule has 1 heterocycles. The van der Waals surface area contributed by atoms with Gasteiger partial charge in [-0.25, -0.2) is 4.98 Å². The van der Waals surface area contributed by atoms with Crippen LogP contribution in [-0.4, -0.2) is 10.9 Å². The number of rotatable bonds is 2. The quantitative estimate of drug-likeness (QED) is 0.744. The van der Waals surface area contributed by atoms with E-state index in [1.807, 2.05) is 12.1 Å². The fourth-order valence-corrected chi connectivity index (χ4v) is 1.34. The van der Waals surface area contributed by atoms with Crippen molar-refractivity contribution in [1.29, 1.82) is 0 Å². The molecule has 1 fully saturated rings. The van der Waals surface area contributed by atoms with E-state index in [0.717, 1.165) is 6.42 Å². The molecule has 1 aromatic rings. The highest BCUT2D eigenvalue weighted by Crippen LogP contribution is 2.38. The Morgan fingerprint density at radius 2 is 2.38 bits per heavy atom. The predicted octanol–water partition coefficient (Wildman–Crippen LogP) is 1.68. The summed E-state index contributed by atoms with van der Waals surface area (Å²) >= 11 is 0. The van der Waals surface area contributed by atoms with Crippen LogP contribution in [-0.2, 0) is 4.79 Å². The standard InChI is InChI=1S/C10H12N2O/c1-7-6-8(7)10(13)12-9-4-2-3-5-11-9/h2-5,7-8H,6H2,1H3,(H,11,12,13)/t7-,8-/m1/s1. The molecule has 0 radical (unpaired) electrons. The van der Waals surface area contributed by atoms with Crippen LogP contribution in [0, 0.1) is 11.8 Å². The minimum atomic E-state index is 0.103. The zero-order valence-electron chi connectivity index (χ0n) is 7.53. The average molecular weight is 176 g/mol. The second-order valence-electron chi connectivity index (χ2n) is 3.52. The molecule has 1 saturated carbocycles. The van der Waals surface area contributed by atoms with Crippen LogP contribution < -0.4 is 5.32 Å². The highest BCUT2D eigenvalue weighted by atomic mass is 16.2. The van der Waals surface area contributed by atoms with Crippen LogP contribution in [0.5, 0.6) is 0 Å². The molecule has 0 spiro atoms. The molecule has 2 atom stereocenters. The van der Waals surface area contributed by atoms with E-state index in [4.69, 9.17) is 0 Å². The Kier molecular flexibility index (Phi) is 2.00. The van der Waals surface area contributed by atoms with E-state index in [-0.39, 0.29) is 11.8 Å². The number of nitrogens with zero attached hydrogens (tertiary/aromatic N) is 1. The van der Waals surface area contributed by atoms with Crippen LogP contribution in [0.15, 0.2) is 24.4 Å². The predicted molar refractivity (Wildman–Crippen MR) is 50.1 cm³/mol. The lowest BCUT2D eigenvalue weighted by molar-refractivity contribution is -0.117. The normalized spacial score (nSPS) is 25.3. The molecule has 0 bridgehead atoms. The van der Waals surface area contributed by atoms with Crippen LogP contribution in [0.4, 0.5) is 5.82 Å². The van der Waals surface area contributed by atoms with Crippen molar-refractivity contribution in [2.45, 2.75) is 13.3 Å². The molecule has 1 aliphatic carbocycles. The molecule has 1 amide bonds. The molecular weight excluding hydrogens is 164 g/mol. The number of amides is 1. The number of nitrogens with one attached hydrogen (secondary N) is 1. The topological polar surface area (TPSA) is 42.0 Å². The summed E-state index contributed by atoms with van der Waals surface area (Å²) in [6.45, 7) is 2.09. The number of anilines is 1. The van der Waals surface area contributed by atoms with Crippen molar-refractivity contribution in [3.8, 4) is 0 Å². The number of aromatic nitrogens is 1. The summed E-state index contributed by atoms with van der Waals surface area (Å²) in [5, 5.41) is 2.78. The van der Waals surface area contributed by atoms with Crippen LogP contribution in [0.3, 0.4) is 0 Å². The van der Waals surface area contributed by atoms with Gasteiger partial charge in [0.05, 0.1) is 0 Å². The van der Waals surface area contributed by atoms with Gasteiger partial charge in [0, 0.05) is 12.1 Å². The lowest BCUT2D eigenvalue weighted by atomic mass is 10.3. The van der Waals surface area contributed by atoms with E-state index in [2.05, 4.69) is 17.2 Å². The highest BCUT2D eigenvalue weighted by Gasteiger charge is 2.39. The maximum atomic E-state index is 11.4. The molecule has 3 nitrogen and oxygen atoms in total. The van der Waals surface area contributed by atoms with Gasteiger partial charge >= 0.3 is 0 Å². The van der Waals surface area contributed by atoms with E-state index in [0.29, 0.717) is 11.7 Å². The summed E-state index contributed by atoms with van der Waals surface area (Å²) in [7, 11) is 0. The maximum absolute atomic E-state index is 11.4. The summed E-state index contributed by atoms with van der Waals surface area (Å²) in [5.41, 5.74) is 0. The number of hydrogen-bond donors (Lipinski definition) is 1. The Morgan fingerprint density at radius 3 is 2.92 bits per heavy atom. The van der Waals surface area contributed by atoms with Gasteiger partial charge in [-0.05, 0) is 24.5 Å². The molecule has 1 aromatic heterocycles.